The Bertz CT molecular complexity index is 286. The Hall–Kier alpha value is -0.480. The molecule has 0 spiro atoms. The Balaban J connectivity index is 1.59. The van der Waals surface area contributed by atoms with Crippen LogP contribution >= 0.6 is 11.9 Å². The van der Waals surface area contributed by atoms with Crippen LogP contribution < -0.4 is 0 Å². The standard InChI is InChI=1S/C10H14N2OS/c13-10-7-8-9(3-6-12(8)10)14-11-4-1-2-5-11/h3,6,8-9H,1-2,4-5,7H2/t8-,9?/m0/s1. The number of amides is 1. The molecule has 0 radical (unpaired) electrons. The van der Waals surface area contributed by atoms with Gasteiger partial charge in [-0.15, -0.1) is 0 Å². The topological polar surface area (TPSA) is 23.6 Å². The summed E-state index contributed by atoms with van der Waals surface area (Å²) >= 11 is 1.93. The molecule has 3 nitrogen and oxygen atoms in total. The summed E-state index contributed by atoms with van der Waals surface area (Å²) in [5.74, 6) is 0.288. The van der Waals surface area contributed by atoms with Gasteiger partial charge in [-0.25, -0.2) is 0 Å². The van der Waals surface area contributed by atoms with Gasteiger partial charge in [0.25, 0.3) is 0 Å². The van der Waals surface area contributed by atoms with Crippen molar-refractivity contribution in [2.75, 3.05) is 13.1 Å². The predicted molar refractivity (Wildman–Crippen MR) is 56.6 cm³/mol. The highest BCUT2D eigenvalue weighted by atomic mass is 32.2. The van der Waals surface area contributed by atoms with Crippen LogP contribution in [0.4, 0.5) is 0 Å². The van der Waals surface area contributed by atoms with Gasteiger partial charge >= 0.3 is 0 Å². The van der Waals surface area contributed by atoms with E-state index in [9.17, 15) is 4.79 Å². The van der Waals surface area contributed by atoms with Crippen molar-refractivity contribution in [2.24, 2.45) is 0 Å². The van der Waals surface area contributed by atoms with Crippen LogP contribution in [-0.2, 0) is 4.79 Å². The fourth-order valence-electron chi connectivity index (χ4n) is 2.30. The number of carbonyl (C=O) groups excluding carboxylic acids is 1. The normalized spacial score (nSPS) is 36.3. The van der Waals surface area contributed by atoms with E-state index in [4.69, 9.17) is 0 Å². The molecule has 0 aliphatic carbocycles. The molecule has 4 heteroatoms. The van der Waals surface area contributed by atoms with Crippen molar-refractivity contribution in [3.05, 3.63) is 12.3 Å². The SMILES string of the molecule is O=C1C[C@H]2C(SN3CCCC3)C=CN12. The number of hydrogen-bond donors (Lipinski definition) is 0. The summed E-state index contributed by atoms with van der Waals surface area (Å²) in [6, 6.07) is 0.466. The van der Waals surface area contributed by atoms with E-state index >= 15 is 0 Å². The van der Waals surface area contributed by atoms with Gasteiger partial charge in [-0.2, -0.15) is 0 Å². The van der Waals surface area contributed by atoms with Gasteiger partial charge in [0.15, 0.2) is 0 Å². The molecule has 3 heterocycles. The number of fused-ring (bicyclic) bond motifs is 1. The second kappa shape index (κ2) is 3.28. The van der Waals surface area contributed by atoms with E-state index in [1.54, 1.807) is 0 Å². The van der Waals surface area contributed by atoms with Crippen molar-refractivity contribution in [1.82, 2.24) is 9.21 Å². The minimum absolute atomic E-state index is 0.288. The number of β-lactam (4-membered cyclic amide) rings is 1. The first kappa shape index (κ1) is 8.80. The monoisotopic (exact) mass is 210 g/mol. The summed E-state index contributed by atoms with van der Waals surface area (Å²) in [6.45, 7) is 2.44. The molecule has 0 saturated carbocycles. The minimum atomic E-state index is 0.288. The molecular formula is C10H14N2OS. The molecule has 0 aromatic carbocycles. The zero-order valence-electron chi connectivity index (χ0n) is 8.06. The fraction of sp³-hybridized carbons (Fsp3) is 0.700. The van der Waals surface area contributed by atoms with Crippen LogP contribution in [0, 0.1) is 0 Å². The van der Waals surface area contributed by atoms with Crippen molar-refractivity contribution in [2.45, 2.75) is 30.6 Å². The van der Waals surface area contributed by atoms with E-state index in [0.717, 1.165) is 6.42 Å². The van der Waals surface area contributed by atoms with Crippen LogP contribution in [0.2, 0.25) is 0 Å². The van der Waals surface area contributed by atoms with E-state index in [-0.39, 0.29) is 5.91 Å². The quantitative estimate of drug-likeness (QED) is 0.506. The van der Waals surface area contributed by atoms with Gasteiger partial charge < -0.3 is 4.90 Å². The maximum absolute atomic E-state index is 11.1. The Morgan fingerprint density at radius 2 is 2.14 bits per heavy atom. The molecular weight excluding hydrogens is 196 g/mol. The fourth-order valence-corrected chi connectivity index (χ4v) is 3.62. The largest absolute Gasteiger partial charge is 0.314 e. The molecule has 2 saturated heterocycles. The Morgan fingerprint density at radius 3 is 2.79 bits per heavy atom. The lowest BCUT2D eigenvalue weighted by Crippen LogP contribution is -2.50. The van der Waals surface area contributed by atoms with Crippen LogP contribution in [0.1, 0.15) is 19.3 Å². The zero-order valence-corrected chi connectivity index (χ0v) is 8.87. The highest BCUT2D eigenvalue weighted by molar-refractivity contribution is 7.97. The van der Waals surface area contributed by atoms with Crippen LogP contribution in [0.25, 0.3) is 0 Å². The summed E-state index contributed by atoms with van der Waals surface area (Å²) in [5.41, 5.74) is 0. The molecule has 3 aliphatic heterocycles. The third-order valence-corrected chi connectivity index (χ3v) is 4.56. The molecule has 1 unspecified atom stereocenters. The van der Waals surface area contributed by atoms with Crippen molar-refractivity contribution < 1.29 is 4.79 Å². The average Bonchev–Trinajstić information content (AvgIpc) is 2.74. The van der Waals surface area contributed by atoms with Crippen molar-refractivity contribution in [1.29, 1.82) is 0 Å². The molecule has 3 rings (SSSR count). The highest BCUT2D eigenvalue weighted by Crippen LogP contribution is 2.37. The summed E-state index contributed by atoms with van der Waals surface area (Å²) in [6.07, 6.45) is 7.55. The maximum atomic E-state index is 11.1. The second-order valence-corrected chi connectivity index (χ2v) is 5.39. The zero-order chi connectivity index (χ0) is 9.54. The molecule has 76 valence electrons. The third-order valence-electron chi connectivity index (χ3n) is 3.18. The van der Waals surface area contributed by atoms with Crippen molar-refractivity contribution in [3.8, 4) is 0 Å². The van der Waals surface area contributed by atoms with E-state index in [0.29, 0.717) is 11.3 Å². The first-order valence-electron chi connectivity index (χ1n) is 5.26. The van der Waals surface area contributed by atoms with Gasteiger partial charge in [0.05, 0.1) is 11.3 Å². The molecule has 14 heavy (non-hydrogen) atoms. The number of rotatable bonds is 2. The lowest BCUT2D eigenvalue weighted by molar-refractivity contribution is -0.139. The molecule has 2 atom stereocenters. The molecule has 0 aromatic rings. The third kappa shape index (κ3) is 1.28. The Labute approximate surface area is 88.3 Å². The molecule has 0 N–H and O–H groups in total. The summed E-state index contributed by atoms with van der Waals surface area (Å²) in [5, 5.41) is 0.519. The number of hydrogen-bond acceptors (Lipinski definition) is 3. The smallest absolute Gasteiger partial charge is 0.228 e. The van der Waals surface area contributed by atoms with E-state index in [2.05, 4.69) is 10.4 Å². The molecule has 2 fully saturated rings. The number of nitrogens with zero attached hydrogens (tertiary/aromatic N) is 2. The Kier molecular flexibility index (Phi) is 2.06. The van der Waals surface area contributed by atoms with Gasteiger partial charge in [0, 0.05) is 25.7 Å². The van der Waals surface area contributed by atoms with E-state index < -0.39 is 0 Å². The summed E-state index contributed by atoms with van der Waals surface area (Å²) in [7, 11) is 0. The van der Waals surface area contributed by atoms with Gasteiger partial charge in [-0.1, -0.05) is 18.0 Å². The first-order chi connectivity index (χ1) is 6.84. The summed E-state index contributed by atoms with van der Waals surface area (Å²) < 4.78 is 2.45. The maximum Gasteiger partial charge on any atom is 0.228 e. The molecule has 0 aromatic heterocycles. The van der Waals surface area contributed by atoms with Gasteiger partial charge in [0.1, 0.15) is 0 Å². The molecule has 0 bridgehead atoms. The summed E-state index contributed by atoms with van der Waals surface area (Å²) in [4.78, 5) is 13.0. The number of carbonyl (C=O) groups is 1. The highest BCUT2D eigenvalue weighted by Gasteiger charge is 2.43. The van der Waals surface area contributed by atoms with E-state index in [1.165, 1.54) is 25.9 Å². The van der Waals surface area contributed by atoms with Crippen molar-refractivity contribution in [3.63, 3.8) is 0 Å². The van der Waals surface area contributed by atoms with E-state index in [1.807, 2.05) is 23.0 Å². The molecule has 3 aliphatic rings. The Morgan fingerprint density at radius 1 is 1.36 bits per heavy atom. The van der Waals surface area contributed by atoms with Crippen LogP contribution in [0.5, 0.6) is 0 Å². The molecule has 1 amide bonds. The predicted octanol–water partition coefficient (Wildman–Crippen LogP) is 1.23. The lowest BCUT2D eigenvalue weighted by Gasteiger charge is -2.37. The van der Waals surface area contributed by atoms with Gasteiger partial charge in [0.2, 0.25) is 5.91 Å². The second-order valence-electron chi connectivity index (χ2n) is 4.12. The first-order valence-corrected chi connectivity index (χ1v) is 6.09. The van der Waals surface area contributed by atoms with Crippen LogP contribution in [-0.4, -0.2) is 39.5 Å². The van der Waals surface area contributed by atoms with Gasteiger partial charge in [-0.05, 0) is 12.8 Å². The minimum Gasteiger partial charge on any atom is -0.314 e. The lowest BCUT2D eigenvalue weighted by atomic mass is 10.0. The average molecular weight is 210 g/mol. The van der Waals surface area contributed by atoms with Crippen molar-refractivity contribution >= 4 is 17.9 Å². The van der Waals surface area contributed by atoms with Crippen LogP contribution in [0.15, 0.2) is 12.3 Å². The van der Waals surface area contributed by atoms with Crippen LogP contribution in [0.3, 0.4) is 0 Å². The van der Waals surface area contributed by atoms with Gasteiger partial charge in [-0.3, -0.25) is 9.10 Å².